The Bertz CT molecular complexity index is 752. The summed E-state index contributed by atoms with van der Waals surface area (Å²) in [6, 6.07) is 12.3. The van der Waals surface area contributed by atoms with E-state index in [-0.39, 0.29) is 10.8 Å². The van der Waals surface area contributed by atoms with Crippen LogP contribution in [0.25, 0.3) is 11.1 Å². The highest BCUT2D eigenvalue weighted by molar-refractivity contribution is 6.32. The first kappa shape index (κ1) is 19.4. The van der Waals surface area contributed by atoms with Gasteiger partial charge in [0.15, 0.2) is 0 Å². The number of rotatable bonds is 4. The largest absolute Gasteiger partial charge is 0.460 e. The van der Waals surface area contributed by atoms with Gasteiger partial charge in [-0.15, -0.1) is 0 Å². The summed E-state index contributed by atoms with van der Waals surface area (Å²) in [5.41, 5.74) is 1.75. The number of aliphatic hydroxyl groups is 4. The topological polar surface area (TPSA) is 99.4 Å². The SMILES string of the molecule is OC[C@H]1O[C@H](Oc2ccc(-c3ccc(Cl)cc3)cc2Cl)[C@@H](O)[C@@H](O)[C@@H]1O. The zero-order valence-electron chi connectivity index (χ0n) is 13.5. The van der Waals surface area contributed by atoms with Crippen molar-refractivity contribution in [3.8, 4) is 16.9 Å². The van der Waals surface area contributed by atoms with E-state index in [0.29, 0.717) is 5.02 Å². The lowest BCUT2D eigenvalue weighted by Gasteiger charge is -2.39. The van der Waals surface area contributed by atoms with Gasteiger partial charge in [-0.25, -0.2) is 0 Å². The minimum atomic E-state index is -1.52. The molecular formula is C18H18Cl2O6. The first-order valence-electron chi connectivity index (χ1n) is 7.93. The molecule has 0 aliphatic carbocycles. The third kappa shape index (κ3) is 3.97. The summed E-state index contributed by atoms with van der Waals surface area (Å²) in [6.07, 6.45) is -6.80. The summed E-state index contributed by atoms with van der Waals surface area (Å²) >= 11 is 12.1. The third-order valence-electron chi connectivity index (χ3n) is 4.20. The Morgan fingerprint density at radius 3 is 2.15 bits per heavy atom. The molecule has 0 aromatic heterocycles. The van der Waals surface area contributed by atoms with Crippen LogP contribution < -0.4 is 4.74 Å². The monoisotopic (exact) mass is 400 g/mol. The molecule has 3 rings (SSSR count). The van der Waals surface area contributed by atoms with Crippen LogP contribution in [-0.2, 0) is 4.74 Å². The van der Waals surface area contributed by atoms with Gasteiger partial charge in [-0.2, -0.15) is 0 Å². The minimum absolute atomic E-state index is 0.230. The summed E-state index contributed by atoms with van der Waals surface area (Å²) < 4.78 is 10.9. The van der Waals surface area contributed by atoms with Crippen LogP contribution in [0, 0.1) is 0 Å². The second-order valence-corrected chi connectivity index (χ2v) is 6.81. The number of benzene rings is 2. The van der Waals surface area contributed by atoms with Crippen molar-refractivity contribution < 1.29 is 29.9 Å². The van der Waals surface area contributed by atoms with Crippen molar-refractivity contribution >= 4 is 23.2 Å². The maximum Gasteiger partial charge on any atom is 0.229 e. The molecule has 1 heterocycles. The van der Waals surface area contributed by atoms with Gasteiger partial charge in [0.2, 0.25) is 6.29 Å². The maximum absolute atomic E-state index is 10.0. The molecule has 26 heavy (non-hydrogen) atoms. The van der Waals surface area contributed by atoms with Crippen LogP contribution in [0.1, 0.15) is 0 Å². The molecular weight excluding hydrogens is 383 g/mol. The Morgan fingerprint density at radius 1 is 0.885 bits per heavy atom. The summed E-state index contributed by atoms with van der Waals surface area (Å²) in [5.74, 6) is 0.230. The maximum atomic E-state index is 10.0. The lowest BCUT2D eigenvalue weighted by atomic mass is 9.99. The molecule has 1 fully saturated rings. The molecule has 0 bridgehead atoms. The van der Waals surface area contributed by atoms with Crippen LogP contribution in [0.3, 0.4) is 0 Å². The molecule has 4 N–H and O–H groups in total. The molecule has 5 atom stereocenters. The van der Waals surface area contributed by atoms with Crippen molar-refractivity contribution in [1.82, 2.24) is 0 Å². The van der Waals surface area contributed by atoms with Gasteiger partial charge in [-0.3, -0.25) is 0 Å². The van der Waals surface area contributed by atoms with Crippen LogP contribution in [0.5, 0.6) is 5.75 Å². The number of hydrogen-bond acceptors (Lipinski definition) is 6. The van der Waals surface area contributed by atoms with Gasteiger partial charge >= 0.3 is 0 Å². The van der Waals surface area contributed by atoms with E-state index in [1.165, 1.54) is 0 Å². The van der Waals surface area contributed by atoms with Gasteiger partial charge in [-0.1, -0.05) is 41.4 Å². The van der Waals surface area contributed by atoms with Gasteiger partial charge in [-0.05, 0) is 35.4 Å². The zero-order chi connectivity index (χ0) is 18.8. The molecule has 8 heteroatoms. The normalized spacial score (nSPS) is 28.8. The number of hydrogen-bond donors (Lipinski definition) is 4. The summed E-state index contributed by atoms with van der Waals surface area (Å²) in [4.78, 5) is 0. The van der Waals surface area contributed by atoms with Gasteiger partial charge in [0.05, 0.1) is 11.6 Å². The van der Waals surface area contributed by atoms with E-state index >= 15 is 0 Å². The van der Waals surface area contributed by atoms with Gasteiger partial charge < -0.3 is 29.9 Å². The van der Waals surface area contributed by atoms with E-state index in [2.05, 4.69) is 0 Å². The summed E-state index contributed by atoms with van der Waals surface area (Å²) in [5, 5.41) is 39.8. The van der Waals surface area contributed by atoms with Crippen LogP contribution in [0.15, 0.2) is 42.5 Å². The van der Waals surface area contributed by atoms with E-state index in [4.69, 9.17) is 32.7 Å². The van der Waals surface area contributed by atoms with Crippen LogP contribution in [0.2, 0.25) is 10.0 Å². The Hall–Kier alpha value is -1.38. The van der Waals surface area contributed by atoms with Gasteiger partial charge in [0.1, 0.15) is 30.2 Å². The highest BCUT2D eigenvalue weighted by Gasteiger charge is 2.44. The number of aliphatic hydroxyl groups excluding tert-OH is 4. The molecule has 0 unspecified atom stereocenters. The predicted octanol–water partition coefficient (Wildman–Crippen LogP) is 1.84. The smallest absolute Gasteiger partial charge is 0.229 e. The highest BCUT2D eigenvalue weighted by Crippen LogP contribution is 2.33. The van der Waals surface area contributed by atoms with Crippen molar-refractivity contribution in [3.05, 3.63) is 52.5 Å². The average Bonchev–Trinajstić information content (AvgIpc) is 2.64. The van der Waals surface area contributed by atoms with Crippen LogP contribution >= 0.6 is 23.2 Å². The molecule has 2 aromatic rings. The summed E-state index contributed by atoms with van der Waals surface area (Å²) in [7, 11) is 0. The average molecular weight is 401 g/mol. The Labute approximate surface area is 160 Å². The van der Waals surface area contributed by atoms with Crippen LogP contribution in [-0.4, -0.2) is 57.7 Å². The Kier molecular flexibility index (Phi) is 6.04. The molecule has 6 nitrogen and oxygen atoms in total. The summed E-state index contributed by atoms with van der Waals surface area (Å²) in [6.45, 7) is -0.534. The van der Waals surface area contributed by atoms with E-state index in [9.17, 15) is 20.4 Å². The fourth-order valence-corrected chi connectivity index (χ4v) is 3.06. The third-order valence-corrected chi connectivity index (χ3v) is 4.75. The lowest BCUT2D eigenvalue weighted by molar-refractivity contribution is -0.277. The van der Waals surface area contributed by atoms with E-state index < -0.39 is 37.3 Å². The second kappa shape index (κ2) is 8.10. The van der Waals surface area contributed by atoms with E-state index in [1.54, 1.807) is 30.3 Å². The lowest BCUT2D eigenvalue weighted by Crippen LogP contribution is -2.60. The molecule has 0 saturated carbocycles. The molecule has 2 aromatic carbocycles. The quantitative estimate of drug-likeness (QED) is 0.624. The van der Waals surface area contributed by atoms with Crippen molar-refractivity contribution in [2.75, 3.05) is 6.61 Å². The molecule has 1 saturated heterocycles. The van der Waals surface area contributed by atoms with Crippen LogP contribution in [0.4, 0.5) is 0 Å². The second-order valence-electron chi connectivity index (χ2n) is 5.97. The van der Waals surface area contributed by atoms with Crippen molar-refractivity contribution in [2.24, 2.45) is 0 Å². The Morgan fingerprint density at radius 2 is 1.54 bits per heavy atom. The standard InChI is InChI=1S/C18H18Cl2O6/c19-11-4-1-9(2-5-11)10-3-6-13(12(20)7-10)25-18-17(24)16(23)15(22)14(8-21)26-18/h1-7,14-18,21-24H,8H2/t14-,15-,16+,17+,18+/m1/s1. The van der Waals surface area contributed by atoms with Gasteiger partial charge in [0, 0.05) is 5.02 Å². The molecule has 1 aliphatic heterocycles. The predicted molar refractivity (Wildman–Crippen MR) is 96.3 cm³/mol. The number of halogens is 2. The zero-order valence-corrected chi connectivity index (χ0v) is 15.0. The van der Waals surface area contributed by atoms with Gasteiger partial charge in [0.25, 0.3) is 0 Å². The molecule has 0 radical (unpaired) electrons. The molecule has 1 aliphatic rings. The Balaban J connectivity index is 1.78. The van der Waals surface area contributed by atoms with E-state index in [1.807, 2.05) is 12.1 Å². The fourth-order valence-electron chi connectivity index (χ4n) is 2.71. The molecule has 0 amide bonds. The van der Waals surface area contributed by atoms with Crippen molar-refractivity contribution in [1.29, 1.82) is 0 Å². The van der Waals surface area contributed by atoms with E-state index in [0.717, 1.165) is 11.1 Å². The molecule has 140 valence electrons. The highest BCUT2D eigenvalue weighted by atomic mass is 35.5. The van der Waals surface area contributed by atoms with Crippen molar-refractivity contribution in [2.45, 2.75) is 30.7 Å². The first-order chi connectivity index (χ1) is 12.4. The minimum Gasteiger partial charge on any atom is -0.460 e. The first-order valence-corrected chi connectivity index (χ1v) is 8.69. The fraction of sp³-hybridized carbons (Fsp3) is 0.333. The molecule has 0 spiro atoms. The number of ether oxygens (including phenoxy) is 2. The van der Waals surface area contributed by atoms with Crippen molar-refractivity contribution in [3.63, 3.8) is 0 Å².